The molecule has 0 radical (unpaired) electrons. The Balaban J connectivity index is 0.950. The molecule has 274 valence electrons. The molecule has 0 saturated heterocycles. The van der Waals surface area contributed by atoms with Crippen LogP contribution < -0.4 is 14.9 Å². The fourth-order valence-corrected chi connectivity index (χ4v) is 11.4. The van der Waals surface area contributed by atoms with Gasteiger partial charge in [-0.05, 0) is 109 Å². The van der Waals surface area contributed by atoms with Gasteiger partial charge in [0.05, 0.1) is 18.1 Å². The number of carbonyl (C=O) groups is 1. The number of benzene rings is 2. The number of fused-ring (bicyclic) bond motifs is 6. The molecular weight excluding hydrogens is 636 g/mol. The number of methoxy groups -OCH3 is 1. The molecule has 3 aromatic rings. The van der Waals surface area contributed by atoms with Crippen molar-refractivity contribution in [1.82, 2.24) is 0 Å². The smallest absolute Gasteiger partial charge is 0.344 e. The van der Waals surface area contributed by atoms with Crippen molar-refractivity contribution in [2.45, 2.75) is 111 Å². The third-order valence-electron chi connectivity index (χ3n) is 14.1. The molecule has 3 fully saturated rings. The summed E-state index contributed by atoms with van der Waals surface area (Å²) >= 11 is 0. The van der Waals surface area contributed by atoms with E-state index in [0.29, 0.717) is 39.0 Å². The maximum Gasteiger partial charge on any atom is 0.344 e. The molecular formula is C45H58O6. The van der Waals surface area contributed by atoms with Crippen LogP contribution in [0.15, 0.2) is 69.6 Å². The molecule has 4 aliphatic carbocycles. The van der Waals surface area contributed by atoms with Gasteiger partial charge < -0.3 is 18.6 Å². The number of rotatable bonds is 11. The standard InChI is InChI=1S/C45H58O6/c1-28(2)10-9-11-29(3)37-18-19-38-34-16-14-30-24-32(20-22-44(30,4)39(34)21-23-45(37,38)5)51-42(46)27-49-31-15-17-35-41(25-31)50-26-36(43(35)47)33-12-7-8-13-40(33)48-6/h7-8,12-15,17,25-26,28-29,32,34,37-39H,9-11,16,18-24,27H2,1-6H3/t29-,32-,34-,37+,38-,39-,44-,45+/m0/s1. The minimum Gasteiger partial charge on any atom is -0.496 e. The van der Waals surface area contributed by atoms with Crippen molar-refractivity contribution in [3.63, 3.8) is 0 Å². The van der Waals surface area contributed by atoms with E-state index < -0.39 is 0 Å². The van der Waals surface area contributed by atoms with E-state index in [-0.39, 0.29) is 29.5 Å². The maximum atomic E-state index is 13.3. The summed E-state index contributed by atoms with van der Waals surface area (Å²) in [5.74, 6) is 5.57. The summed E-state index contributed by atoms with van der Waals surface area (Å²) in [6.07, 6.45) is 17.6. The molecule has 0 bridgehead atoms. The van der Waals surface area contributed by atoms with Crippen molar-refractivity contribution in [3.05, 3.63) is 70.6 Å². The van der Waals surface area contributed by atoms with Crippen molar-refractivity contribution >= 4 is 16.9 Å². The topological polar surface area (TPSA) is 75.0 Å². The second-order valence-electron chi connectivity index (χ2n) is 17.3. The summed E-state index contributed by atoms with van der Waals surface area (Å²) in [5.41, 5.74) is 3.56. The second kappa shape index (κ2) is 14.5. The van der Waals surface area contributed by atoms with Gasteiger partial charge in [-0.3, -0.25) is 4.79 Å². The van der Waals surface area contributed by atoms with E-state index in [4.69, 9.17) is 18.6 Å². The van der Waals surface area contributed by atoms with Crippen LogP contribution in [-0.2, 0) is 9.53 Å². The predicted octanol–water partition coefficient (Wildman–Crippen LogP) is 10.8. The first kappa shape index (κ1) is 35.8. The predicted molar refractivity (Wildman–Crippen MR) is 203 cm³/mol. The zero-order chi connectivity index (χ0) is 35.9. The molecule has 2 aromatic carbocycles. The number of para-hydroxylation sites is 1. The van der Waals surface area contributed by atoms with Crippen LogP contribution in [0, 0.1) is 46.3 Å². The summed E-state index contributed by atoms with van der Waals surface area (Å²) in [5, 5.41) is 0.434. The van der Waals surface area contributed by atoms with Crippen LogP contribution in [0.25, 0.3) is 22.1 Å². The van der Waals surface area contributed by atoms with E-state index in [9.17, 15) is 9.59 Å². The van der Waals surface area contributed by atoms with E-state index >= 15 is 0 Å². The summed E-state index contributed by atoms with van der Waals surface area (Å²) in [7, 11) is 1.58. The Bertz CT molecular complexity index is 1820. The summed E-state index contributed by atoms with van der Waals surface area (Å²) in [4.78, 5) is 26.3. The van der Waals surface area contributed by atoms with Gasteiger partial charge in [-0.1, -0.05) is 83.7 Å². The largest absolute Gasteiger partial charge is 0.496 e. The van der Waals surface area contributed by atoms with Crippen LogP contribution in [-0.4, -0.2) is 25.8 Å². The van der Waals surface area contributed by atoms with E-state index in [2.05, 4.69) is 40.7 Å². The van der Waals surface area contributed by atoms with E-state index in [0.717, 1.165) is 54.8 Å². The Labute approximate surface area is 304 Å². The van der Waals surface area contributed by atoms with Crippen LogP contribution in [0.5, 0.6) is 11.5 Å². The van der Waals surface area contributed by atoms with Gasteiger partial charge in [-0.25, -0.2) is 4.79 Å². The third kappa shape index (κ3) is 6.77. The molecule has 6 nitrogen and oxygen atoms in total. The van der Waals surface area contributed by atoms with Gasteiger partial charge in [0.2, 0.25) is 5.43 Å². The summed E-state index contributed by atoms with van der Waals surface area (Å²) in [6, 6.07) is 12.4. The summed E-state index contributed by atoms with van der Waals surface area (Å²) < 4.78 is 23.2. The van der Waals surface area contributed by atoms with Crippen LogP contribution in [0.1, 0.15) is 105 Å². The van der Waals surface area contributed by atoms with Crippen molar-refractivity contribution in [2.24, 2.45) is 46.3 Å². The minimum absolute atomic E-state index is 0.114. The quantitative estimate of drug-likeness (QED) is 0.147. The third-order valence-corrected chi connectivity index (χ3v) is 14.1. The normalized spacial score (nSPS) is 30.6. The highest BCUT2D eigenvalue weighted by Crippen LogP contribution is 2.67. The van der Waals surface area contributed by atoms with Crippen molar-refractivity contribution in [1.29, 1.82) is 0 Å². The summed E-state index contributed by atoms with van der Waals surface area (Å²) in [6.45, 7) is 12.3. The average Bonchev–Trinajstić information content (AvgIpc) is 3.48. The first-order valence-electron chi connectivity index (χ1n) is 19.7. The molecule has 0 aliphatic heterocycles. The molecule has 3 saturated carbocycles. The lowest BCUT2D eigenvalue weighted by Gasteiger charge is -2.58. The van der Waals surface area contributed by atoms with Gasteiger partial charge in [0.1, 0.15) is 29.4 Å². The highest BCUT2D eigenvalue weighted by Gasteiger charge is 2.59. The number of allylic oxidation sites excluding steroid dienone is 1. The zero-order valence-electron chi connectivity index (χ0n) is 31.7. The van der Waals surface area contributed by atoms with Crippen molar-refractivity contribution in [3.8, 4) is 22.6 Å². The zero-order valence-corrected chi connectivity index (χ0v) is 31.7. The lowest BCUT2D eigenvalue weighted by atomic mass is 9.47. The van der Waals surface area contributed by atoms with Crippen LogP contribution in [0.4, 0.5) is 0 Å². The molecule has 0 N–H and O–H groups in total. The number of ether oxygens (including phenoxy) is 3. The van der Waals surface area contributed by atoms with E-state index in [1.165, 1.54) is 63.2 Å². The molecule has 0 unspecified atom stereocenters. The molecule has 7 rings (SSSR count). The SMILES string of the molecule is COc1ccccc1-c1coc2cc(OCC(=O)O[C@H]3CC[C@@]4(C)C(=CC[C@H]5[C@@H]6CC[C@H]([C@@H](C)CCCC(C)C)[C@@]6(C)CC[C@@H]54)C3)ccc2c1=O. The van der Waals surface area contributed by atoms with Crippen molar-refractivity contribution < 1.29 is 23.4 Å². The van der Waals surface area contributed by atoms with E-state index in [1.807, 2.05) is 24.3 Å². The van der Waals surface area contributed by atoms with Crippen LogP contribution >= 0.6 is 0 Å². The van der Waals surface area contributed by atoms with Gasteiger partial charge in [0.15, 0.2) is 6.61 Å². The highest BCUT2D eigenvalue weighted by molar-refractivity contribution is 5.84. The van der Waals surface area contributed by atoms with Gasteiger partial charge in [0, 0.05) is 18.1 Å². The Hall–Kier alpha value is -3.54. The maximum absolute atomic E-state index is 13.3. The number of esters is 1. The average molecular weight is 695 g/mol. The Kier molecular flexibility index (Phi) is 10.2. The van der Waals surface area contributed by atoms with E-state index in [1.54, 1.807) is 25.3 Å². The van der Waals surface area contributed by atoms with Crippen LogP contribution in [0.3, 0.4) is 0 Å². The highest BCUT2D eigenvalue weighted by atomic mass is 16.6. The first-order valence-corrected chi connectivity index (χ1v) is 19.7. The van der Waals surface area contributed by atoms with Gasteiger partial charge in [0.25, 0.3) is 0 Å². The Morgan fingerprint density at radius 3 is 2.59 bits per heavy atom. The first-order chi connectivity index (χ1) is 24.5. The molecule has 51 heavy (non-hydrogen) atoms. The van der Waals surface area contributed by atoms with Gasteiger partial charge in [-0.15, -0.1) is 0 Å². The second-order valence-corrected chi connectivity index (χ2v) is 17.3. The molecule has 6 heteroatoms. The number of carbonyl (C=O) groups excluding carboxylic acids is 1. The van der Waals surface area contributed by atoms with Crippen molar-refractivity contribution in [2.75, 3.05) is 13.7 Å². The monoisotopic (exact) mass is 694 g/mol. The Morgan fingerprint density at radius 1 is 0.961 bits per heavy atom. The fraction of sp³-hybridized carbons (Fsp3) is 0.600. The lowest BCUT2D eigenvalue weighted by Crippen LogP contribution is -2.51. The fourth-order valence-electron chi connectivity index (χ4n) is 11.4. The van der Waals surface area contributed by atoms with Gasteiger partial charge >= 0.3 is 5.97 Å². The number of hydrogen-bond donors (Lipinski definition) is 0. The lowest BCUT2D eigenvalue weighted by molar-refractivity contribution is -0.153. The minimum atomic E-state index is -0.362. The molecule has 1 aromatic heterocycles. The molecule has 0 spiro atoms. The number of hydrogen-bond acceptors (Lipinski definition) is 6. The molecule has 1 heterocycles. The molecule has 0 amide bonds. The van der Waals surface area contributed by atoms with Crippen LogP contribution in [0.2, 0.25) is 0 Å². The molecule has 4 aliphatic rings. The molecule has 8 atom stereocenters. The van der Waals surface area contributed by atoms with Gasteiger partial charge in [-0.2, -0.15) is 0 Å². The Morgan fingerprint density at radius 2 is 1.78 bits per heavy atom.